The van der Waals surface area contributed by atoms with Crippen LogP contribution in [0.2, 0.25) is 0 Å². The van der Waals surface area contributed by atoms with E-state index in [4.69, 9.17) is 4.99 Å². The van der Waals surface area contributed by atoms with Crippen LogP contribution in [0.1, 0.15) is 32.6 Å². The van der Waals surface area contributed by atoms with Crippen LogP contribution >= 0.6 is 0 Å². The van der Waals surface area contributed by atoms with Crippen LogP contribution in [0.15, 0.2) is 29.3 Å². The summed E-state index contributed by atoms with van der Waals surface area (Å²) in [6.07, 6.45) is 5.28. The molecule has 2 unspecified atom stereocenters. The van der Waals surface area contributed by atoms with Crippen molar-refractivity contribution in [3.05, 3.63) is 24.3 Å². The van der Waals surface area contributed by atoms with E-state index in [1.54, 1.807) is 0 Å². The molecule has 0 aromatic heterocycles. The molecule has 1 N–H and O–H groups in total. The van der Waals surface area contributed by atoms with Gasteiger partial charge in [0.15, 0.2) is 0 Å². The first kappa shape index (κ1) is 9.88. The van der Waals surface area contributed by atoms with E-state index in [0.717, 1.165) is 5.69 Å². The molecule has 0 amide bonds. The molecule has 2 aliphatic rings. The molecular formula is C14H18N2. The number of benzene rings is 1. The Balaban J connectivity index is 2.02. The van der Waals surface area contributed by atoms with Gasteiger partial charge in [0.05, 0.1) is 11.4 Å². The molecule has 0 spiro atoms. The summed E-state index contributed by atoms with van der Waals surface area (Å²) in [5, 5.41) is 3.68. The molecule has 1 fully saturated rings. The number of anilines is 1. The van der Waals surface area contributed by atoms with Crippen LogP contribution in [0.3, 0.4) is 0 Å². The summed E-state index contributed by atoms with van der Waals surface area (Å²) in [7, 11) is 0. The molecule has 1 aromatic carbocycles. The first-order chi connectivity index (χ1) is 7.84. The van der Waals surface area contributed by atoms with Gasteiger partial charge in [-0.15, -0.1) is 0 Å². The zero-order valence-corrected chi connectivity index (χ0v) is 9.74. The zero-order valence-electron chi connectivity index (χ0n) is 9.74. The Bertz CT molecular complexity index is 422. The fraction of sp³-hybridized carbons (Fsp3) is 0.500. The lowest BCUT2D eigenvalue weighted by Crippen LogP contribution is -2.35. The standard InChI is InChI=1S/C14H18N2/c1-10-11-6-2-3-7-12(11)16-14-9-5-4-8-13(14)15-10/h4-5,8-9,11-12,16H,2-3,6-7H2,1H3. The highest BCUT2D eigenvalue weighted by Gasteiger charge is 2.29. The van der Waals surface area contributed by atoms with Crippen molar-refractivity contribution in [3.63, 3.8) is 0 Å². The monoisotopic (exact) mass is 214 g/mol. The fourth-order valence-corrected chi connectivity index (χ4v) is 2.97. The van der Waals surface area contributed by atoms with Crippen molar-refractivity contribution in [2.24, 2.45) is 10.9 Å². The lowest BCUT2D eigenvalue weighted by molar-refractivity contribution is 0.401. The lowest BCUT2D eigenvalue weighted by Gasteiger charge is -2.31. The van der Waals surface area contributed by atoms with E-state index in [1.807, 2.05) is 0 Å². The number of nitrogens with one attached hydrogen (secondary N) is 1. The van der Waals surface area contributed by atoms with Crippen molar-refractivity contribution >= 4 is 17.1 Å². The van der Waals surface area contributed by atoms with Crippen LogP contribution in [0.4, 0.5) is 11.4 Å². The molecule has 2 atom stereocenters. The lowest BCUT2D eigenvalue weighted by atomic mass is 9.82. The number of nitrogens with zero attached hydrogens (tertiary/aromatic N) is 1. The van der Waals surface area contributed by atoms with E-state index in [0.29, 0.717) is 12.0 Å². The van der Waals surface area contributed by atoms with Crippen molar-refractivity contribution in [2.75, 3.05) is 5.32 Å². The fourth-order valence-electron chi connectivity index (χ4n) is 2.97. The summed E-state index contributed by atoms with van der Waals surface area (Å²) in [4.78, 5) is 4.78. The van der Waals surface area contributed by atoms with Crippen LogP contribution in [0, 0.1) is 5.92 Å². The summed E-state index contributed by atoms with van der Waals surface area (Å²) in [5.41, 5.74) is 3.62. The molecule has 2 heteroatoms. The summed E-state index contributed by atoms with van der Waals surface area (Å²) < 4.78 is 0. The Morgan fingerprint density at radius 1 is 1.19 bits per heavy atom. The second-order valence-electron chi connectivity index (χ2n) is 4.91. The Morgan fingerprint density at radius 3 is 2.94 bits per heavy atom. The van der Waals surface area contributed by atoms with E-state index in [-0.39, 0.29) is 0 Å². The molecule has 0 saturated heterocycles. The van der Waals surface area contributed by atoms with Crippen molar-refractivity contribution in [2.45, 2.75) is 38.6 Å². The van der Waals surface area contributed by atoms with Gasteiger partial charge >= 0.3 is 0 Å². The van der Waals surface area contributed by atoms with Gasteiger partial charge in [0.2, 0.25) is 0 Å². The van der Waals surface area contributed by atoms with Crippen LogP contribution in [-0.4, -0.2) is 11.8 Å². The quantitative estimate of drug-likeness (QED) is 0.698. The van der Waals surface area contributed by atoms with E-state index < -0.39 is 0 Å². The molecule has 1 aliphatic heterocycles. The normalized spacial score (nSPS) is 28.2. The van der Waals surface area contributed by atoms with Gasteiger partial charge in [-0.1, -0.05) is 25.0 Å². The smallest absolute Gasteiger partial charge is 0.0860 e. The number of aliphatic imine (C=N–C) groups is 1. The Labute approximate surface area is 96.8 Å². The first-order valence-electron chi connectivity index (χ1n) is 6.25. The third-order valence-electron chi connectivity index (χ3n) is 3.84. The van der Waals surface area contributed by atoms with Gasteiger partial charge in [-0.2, -0.15) is 0 Å². The molecule has 16 heavy (non-hydrogen) atoms. The number of hydrogen-bond donors (Lipinski definition) is 1. The van der Waals surface area contributed by atoms with E-state index in [9.17, 15) is 0 Å². The molecule has 84 valence electrons. The number of rotatable bonds is 0. The second-order valence-corrected chi connectivity index (χ2v) is 4.91. The Hall–Kier alpha value is -1.31. The minimum atomic E-state index is 0.598. The van der Waals surface area contributed by atoms with Gasteiger partial charge in [0.25, 0.3) is 0 Å². The average Bonchev–Trinajstić information content (AvgIpc) is 2.45. The summed E-state index contributed by atoms with van der Waals surface area (Å²) in [6.45, 7) is 2.19. The molecule has 1 aliphatic carbocycles. The van der Waals surface area contributed by atoms with Crippen molar-refractivity contribution in [1.82, 2.24) is 0 Å². The van der Waals surface area contributed by atoms with E-state index >= 15 is 0 Å². The minimum absolute atomic E-state index is 0.598. The maximum absolute atomic E-state index is 4.78. The van der Waals surface area contributed by atoms with Crippen LogP contribution in [0.25, 0.3) is 0 Å². The highest BCUT2D eigenvalue weighted by atomic mass is 15.0. The van der Waals surface area contributed by atoms with Gasteiger partial charge in [0, 0.05) is 17.7 Å². The third kappa shape index (κ3) is 1.62. The van der Waals surface area contributed by atoms with E-state index in [1.165, 1.54) is 37.1 Å². The highest BCUT2D eigenvalue weighted by Crippen LogP contribution is 2.36. The molecule has 1 heterocycles. The second kappa shape index (κ2) is 3.93. The van der Waals surface area contributed by atoms with Crippen LogP contribution in [-0.2, 0) is 0 Å². The van der Waals surface area contributed by atoms with Crippen molar-refractivity contribution in [3.8, 4) is 0 Å². The largest absolute Gasteiger partial charge is 0.380 e. The molecular weight excluding hydrogens is 196 g/mol. The van der Waals surface area contributed by atoms with Crippen LogP contribution < -0.4 is 5.32 Å². The summed E-state index contributed by atoms with van der Waals surface area (Å²) in [6, 6.07) is 8.99. The van der Waals surface area contributed by atoms with Crippen molar-refractivity contribution in [1.29, 1.82) is 0 Å². The molecule has 1 saturated carbocycles. The predicted molar refractivity (Wildman–Crippen MR) is 68.6 cm³/mol. The third-order valence-corrected chi connectivity index (χ3v) is 3.84. The maximum Gasteiger partial charge on any atom is 0.0860 e. The number of fused-ring (bicyclic) bond motifs is 2. The van der Waals surface area contributed by atoms with Gasteiger partial charge < -0.3 is 5.32 Å². The predicted octanol–water partition coefficient (Wildman–Crippen LogP) is 3.76. The van der Waals surface area contributed by atoms with Crippen molar-refractivity contribution < 1.29 is 0 Å². The minimum Gasteiger partial charge on any atom is -0.380 e. The maximum atomic E-state index is 4.78. The topological polar surface area (TPSA) is 24.4 Å². The SMILES string of the molecule is CC1=Nc2ccccc2NC2CCCCC12. The van der Waals surface area contributed by atoms with Gasteiger partial charge in [0.1, 0.15) is 0 Å². The number of hydrogen-bond acceptors (Lipinski definition) is 2. The molecule has 0 radical (unpaired) electrons. The van der Waals surface area contributed by atoms with Gasteiger partial charge in [-0.3, -0.25) is 4.99 Å². The Morgan fingerprint density at radius 2 is 2.00 bits per heavy atom. The molecule has 0 bridgehead atoms. The summed E-state index contributed by atoms with van der Waals surface area (Å²) in [5.74, 6) is 0.640. The van der Waals surface area contributed by atoms with Crippen LogP contribution in [0.5, 0.6) is 0 Å². The molecule has 3 rings (SSSR count). The number of para-hydroxylation sites is 2. The van der Waals surface area contributed by atoms with E-state index in [2.05, 4.69) is 36.5 Å². The van der Waals surface area contributed by atoms with Gasteiger partial charge in [-0.05, 0) is 31.9 Å². The molecule has 1 aromatic rings. The first-order valence-corrected chi connectivity index (χ1v) is 6.25. The Kier molecular flexibility index (Phi) is 2.43. The summed E-state index contributed by atoms with van der Waals surface area (Å²) >= 11 is 0. The van der Waals surface area contributed by atoms with Gasteiger partial charge in [-0.25, -0.2) is 0 Å². The highest BCUT2D eigenvalue weighted by molar-refractivity contribution is 5.91. The zero-order chi connectivity index (χ0) is 11.0. The average molecular weight is 214 g/mol. The molecule has 2 nitrogen and oxygen atoms in total.